The van der Waals surface area contributed by atoms with Crippen LogP contribution in [0.3, 0.4) is 0 Å². The minimum atomic E-state index is -0.157. The lowest BCUT2D eigenvalue weighted by Gasteiger charge is -2.08. The zero-order valence-corrected chi connectivity index (χ0v) is 6.40. The van der Waals surface area contributed by atoms with Gasteiger partial charge in [-0.1, -0.05) is 0 Å². The summed E-state index contributed by atoms with van der Waals surface area (Å²) in [7, 11) is 0. The van der Waals surface area contributed by atoms with Crippen LogP contribution >= 0.6 is 0 Å². The van der Waals surface area contributed by atoms with Crippen molar-refractivity contribution in [3.05, 3.63) is 0 Å². The number of aliphatic imine (C=N–C) groups is 1. The highest BCUT2D eigenvalue weighted by atomic mass is 16.3. The van der Waals surface area contributed by atoms with Gasteiger partial charge in [-0.3, -0.25) is 4.99 Å². The van der Waals surface area contributed by atoms with Crippen LogP contribution in [0.1, 0.15) is 12.8 Å². The van der Waals surface area contributed by atoms with Gasteiger partial charge in [0.15, 0.2) is 5.96 Å². The third-order valence-corrected chi connectivity index (χ3v) is 1.26. The molecule has 0 saturated heterocycles. The summed E-state index contributed by atoms with van der Waals surface area (Å²) < 4.78 is 0. The normalized spacial score (nSPS) is 10.1. The molecule has 0 spiro atoms. The van der Waals surface area contributed by atoms with Crippen LogP contribution in [0, 0.1) is 0 Å². The minimum Gasteiger partial charge on any atom is -0.396 e. The fourth-order valence-electron chi connectivity index (χ4n) is 0.782. The van der Waals surface area contributed by atoms with Gasteiger partial charge in [-0.15, -0.1) is 0 Å². The molecule has 66 valence electrons. The van der Waals surface area contributed by atoms with Crippen LogP contribution in [0.4, 0.5) is 0 Å². The van der Waals surface area contributed by atoms with Crippen molar-refractivity contribution in [2.24, 2.45) is 16.5 Å². The van der Waals surface area contributed by atoms with E-state index in [-0.39, 0.29) is 25.2 Å². The Labute approximate surface area is 65.7 Å². The molecule has 0 aromatic carbocycles. The molecule has 0 amide bonds. The molecule has 5 nitrogen and oxygen atoms in total. The van der Waals surface area contributed by atoms with Crippen molar-refractivity contribution in [3.8, 4) is 0 Å². The van der Waals surface area contributed by atoms with Crippen molar-refractivity contribution in [2.45, 2.75) is 18.9 Å². The van der Waals surface area contributed by atoms with Crippen LogP contribution in [-0.2, 0) is 0 Å². The van der Waals surface area contributed by atoms with Gasteiger partial charge in [-0.25, -0.2) is 0 Å². The van der Waals surface area contributed by atoms with E-state index in [4.69, 9.17) is 21.7 Å². The van der Waals surface area contributed by atoms with Gasteiger partial charge in [-0.05, 0) is 12.8 Å². The molecule has 0 aromatic heterocycles. The van der Waals surface area contributed by atoms with Gasteiger partial charge in [0.2, 0.25) is 0 Å². The molecule has 0 fully saturated rings. The maximum absolute atomic E-state index is 8.54. The van der Waals surface area contributed by atoms with Crippen LogP contribution < -0.4 is 11.5 Å². The zero-order valence-electron chi connectivity index (χ0n) is 6.40. The SMILES string of the molecule is NC(N)=NC(CCO)CCO. The number of guanidine groups is 1. The van der Waals surface area contributed by atoms with Crippen LogP contribution in [0.2, 0.25) is 0 Å². The Kier molecular flexibility index (Phi) is 5.50. The smallest absolute Gasteiger partial charge is 0.186 e. The van der Waals surface area contributed by atoms with E-state index < -0.39 is 0 Å². The Balaban J connectivity index is 3.78. The molecule has 0 atom stereocenters. The van der Waals surface area contributed by atoms with Crippen molar-refractivity contribution >= 4 is 5.96 Å². The van der Waals surface area contributed by atoms with Crippen LogP contribution in [-0.4, -0.2) is 35.4 Å². The van der Waals surface area contributed by atoms with Gasteiger partial charge in [0.25, 0.3) is 0 Å². The second-order valence-electron chi connectivity index (χ2n) is 2.23. The lowest BCUT2D eigenvalue weighted by Crippen LogP contribution is -2.26. The third-order valence-electron chi connectivity index (χ3n) is 1.26. The summed E-state index contributed by atoms with van der Waals surface area (Å²) in [6.07, 6.45) is 0.969. The highest BCUT2D eigenvalue weighted by Crippen LogP contribution is 2.01. The summed E-state index contributed by atoms with van der Waals surface area (Å²) in [5.41, 5.74) is 10.2. The van der Waals surface area contributed by atoms with E-state index in [2.05, 4.69) is 4.99 Å². The van der Waals surface area contributed by atoms with Crippen LogP contribution in [0.15, 0.2) is 4.99 Å². The molecule has 0 aliphatic carbocycles. The molecular weight excluding hydrogens is 146 g/mol. The highest BCUT2D eigenvalue weighted by Gasteiger charge is 2.04. The predicted octanol–water partition coefficient (Wildman–Crippen LogP) is -1.61. The van der Waals surface area contributed by atoms with Crippen molar-refractivity contribution < 1.29 is 10.2 Å². The number of hydrogen-bond acceptors (Lipinski definition) is 3. The van der Waals surface area contributed by atoms with Crippen molar-refractivity contribution in [3.63, 3.8) is 0 Å². The molecule has 0 aliphatic heterocycles. The third kappa shape index (κ3) is 5.63. The van der Waals surface area contributed by atoms with E-state index in [9.17, 15) is 0 Å². The zero-order chi connectivity index (χ0) is 8.69. The Morgan fingerprint density at radius 3 is 1.91 bits per heavy atom. The number of aliphatic hydroxyl groups excluding tert-OH is 2. The fraction of sp³-hybridized carbons (Fsp3) is 0.833. The Hall–Kier alpha value is -0.810. The Morgan fingerprint density at radius 1 is 1.18 bits per heavy atom. The molecule has 11 heavy (non-hydrogen) atoms. The van der Waals surface area contributed by atoms with Crippen molar-refractivity contribution in [1.29, 1.82) is 0 Å². The Morgan fingerprint density at radius 2 is 1.64 bits per heavy atom. The second-order valence-corrected chi connectivity index (χ2v) is 2.23. The first-order chi connectivity index (χ1) is 5.20. The number of aliphatic hydroxyl groups is 2. The summed E-state index contributed by atoms with van der Waals surface area (Å²) >= 11 is 0. The molecule has 0 rings (SSSR count). The van der Waals surface area contributed by atoms with E-state index in [1.165, 1.54) is 0 Å². The van der Waals surface area contributed by atoms with Gasteiger partial charge in [0.1, 0.15) is 0 Å². The average Bonchev–Trinajstić information content (AvgIpc) is 1.87. The van der Waals surface area contributed by atoms with Gasteiger partial charge in [0.05, 0.1) is 6.04 Å². The van der Waals surface area contributed by atoms with E-state index in [0.29, 0.717) is 12.8 Å². The first kappa shape index (κ1) is 10.2. The molecule has 0 saturated carbocycles. The van der Waals surface area contributed by atoms with Gasteiger partial charge >= 0.3 is 0 Å². The molecule has 5 heteroatoms. The largest absolute Gasteiger partial charge is 0.396 e. The Bertz CT molecular complexity index is 117. The molecule has 0 heterocycles. The summed E-state index contributed by atoms with van der Waals surface area (Å²) in [4.78, 5) is 3.81. The lowest BCUT2D eigenvalue weighted by atomic mass is 10.2. The first-order valence-corrected chi connectivity index (χ1v) is 3.51. The number of nitrogens with zero attached hydrogens (tertiary/aromatic N) is 1. The van der Waals surface area contributed by atoms with Crippen LogP contribution in [0.5, 0.6) is 0 Å². The maximum atomic E-state index is 8.54. The van der Waals surface area contributed by atoms with Crippen LogP contribution in [0.25, 0.3) is 0 Å². The van der Waals surface area contributed by atoms with E-state index in [0.717, 1.165) is 0 Å². The number of nitrogens with two attached hydrogens (primary N) is 2. The molecule has 0 aromatic rings. The van der Waals surface area contributed by atoms with Gasteiger partial charge in [0, 0.05) is 13.2 Å². The fourth-order valence-corrected chi connectivity index (χ4v) is 0.782. The summed E-state index contributed by atoms with van der Waals surface area (Å²) in [5.74, 6) is -0.00287. The highest BCUT2D eigenvalue weighted by molar-refractivity contribution is 5.75. The average molecular weight is 161 g/mol. The quantitative estimate of drug-likeness (QED) is 0.287. The molecule has 0 aliphatic rings. The van der Waals surface area contributed by atoms with Crippen molar-refractivity contribution in [1.82, 2.24) is 0 Å². The monoisotopic (exact) mass is 161 g/mol. The lowest BCUT2D eigenvalue weighted by molar-refractivity contribution is 0.243. The second kappa shape index (κ2) is 5.94. The molecular formula is C6H15N3O2. The van der Waals surface area contributed by atoms with E-state index in [1.54, 1.807) is 0 Å². The van der Waals surface area contributed by atoms with E-state index in [1.807, 2.05) is 0 Å². The summed E-state index contributed by atoms with van der Waals surface area (Å²) in [5, 5.41) is 17.1. The topological polar surface area (TPSA) is 105 Å². The first-order valence-electron chi connectivity index (χ1n) is 3.51. The number of hydrogen-bond donors (Lipinski definition) is 4. The summed E-state index contributed by atoms with van der Waals surface area (Å²) in [6.45, 7) is 0.0584. The molecule has 0 radical (unpaired) electrons. The van der Waals surface area contributed by atoms with Gasteiger partial charge < -0.3 is 21.7 Å². The summed E-state index contributed by atoms with van der Waals surface area (Å²) in [6, 6.07) is -0.157. The standard InChI is InChI=1S/C6H15N3O2/c7-6(8)9-5(1-3-10)2-4-11/h5,10-11H,1-4H2,(H4,7,8,9). The van der Waals surface area contributed by atoms with E-state index >= 15 is 0 Å². The van der Waals surface area contributed by atoms with Gasteiger partial charge in [-0.2, -0.15) is 0 Å². The number of rotatable bonds is 5. The maximum Gasteiger partial charge on any atom is 0.186 e. The minimum absolute atomic E-state index is 0.00287. The van der Waals surface area contributed by atoms with Crippen molar-refractivity contribution in [2.75, 3.05) is 13.2 Å². The predicted molar refractivity (Wildman–Crippen MR) is 43.0 cm³/mol. The molecule has 0 unspecified atom stereocenters. The molecule has 0 bridgehead atoms. The molecule has 6 N–H and O–H groups in total.